The molecule has 4 nitrogen and oxygen atoms in total. The second-order valence-electron chi connectivity index (χ2n) is 5.88. The van der Waals surface area contributed by atoms with Crippen molar-refractivity contribution in [3.05, 3.63) is 52.1 Å². The van der Waals surface area contributed by atoms with Gasteiger partial charge >= 0.3 is 0 Å². The average molecular weight is 303 g/mol. The van der Waals surface area contributed by atoms with Gasteiger partial charge in [-0.3, -0.25) is 4.68 Å². The molecule has 2 aromatic rings. The minimum Gasteiger partial charge on any atom is -0.394 e. The van der Waals surface area contributed by atoms with Crippen LogP contribution in [0.3, 0.4) is 0 Å². The number of rotatable bonds is 5. The summed E-state index contributed by atoms with van der Waals surface area (Å²) in [7, 11) is 0. The molecule has 22 heavy (non-hydrogen) atoms. The molecule has 118 valence electrons. The number of aliphatic hydroxyl groups excluding tert-OH is 1. The zero-order valence-electron chi connectivity index (χ0n) is 13.1. The Balaban J connectivity index is 1.74. The maximum absolute atomic E-state index is 13.8. The number of hydrogen-bond acceptors (Lipinski definition) is 3. The lowest BCUT2D eigenvalue weighted by molar-refractivity contribution is 0.267. The molecule has 1 unspecified atom stereocenters. The van der Waals surface area contributed by atoms with Crippen LogP contribution in [0.15, 0.2) is 18.2 Å². The summed E-state index contributed by atoms with van der Waals surface area (Å²) < 4.78 is 15.6. The zero-order chi connectivity index (χ0) is 15.7. The molecule has 0 aliphatic heterocycles. The van der Waals surface area contributed by atoms with Gasteiger partial charge in [-0.15, -0.1) is 0 Å². The van der Waals surface area contributed by atoms with Crippen molar-refractivity contribution in [2.24, 2.45) is 0 Å². The van der Waals surface area contributed by atoms with Crippen molar-refractivity contribution in [2.75, 3.05) is 6.61 Å². The first kappa shape index (κ1) is 15.2. The minimum atomic E-state index is -0.0927. The van der Waals surface area contributed by atoms with Gasteiger partial charge in [0.25, 0.3) is 0 Å². The summed E-state index contributed by atoms with van der Waals surface area (Å²) in [5.74, 6) is -0.0927. The highest BCUT2D eigenvalue weighted by atomic mass is 19.1. The van der Waals surface area contributed by atoms with Crippen LogP contribution in [-0.4, -0.2) is 21.5 Å². The molecular formula is C17H22FN3O. The number of nitrogens with one attached hydrogen (secondary N) is 1. The van der Waals surface area contributed by atoms with Crippen LogP contribution >= 0.6 is 0 Å². The summed E-state index contributed by atoms with van der Waals surface area (Å²) in [6.45, 7) is 5.33. The third-order valence-electron chi connectivity index (χ3n) is 4.58. The van der Waals surface area contributed by atoms with E-state index in [1.165, 1.54) is 11.6 Å². The first-order chi connectivity index (χ1) is 10.6. The smallest absolute Gasteiger partial charge is 0.126 e. The van der Waals surface area contributed by atoms with E-state index in [0.29, 0.717) is 13.1 Å². The SMILES string of the molecule is Cc1nn(CCO)c(C)c1CNC1CCc2c(F)cccc21. The molecule has 0 saturated heterocycles. The van der Waals surface area contributed by atoms with Crippen molar-refractivity contribution >= 4 is 0 Å². The number of aromatic nitrogens is 2. The van der Waals surface area contributed by atoms with Crippen molar-refractivity contribution in [1.29, 1.82) is 0 Å². The normalized spacial score (nSPS) is 17.0. The summed E-state index contributed by atoms with van der Waals surface area (Å²) in [4.78, 5) is 0. The maximum atomic E-state index is 13.8. The van der Waals surface area contributed by atoms with Gasteiger partial charge in [0.05, 0.1) is 18.8 Å². The molecule has 0 saturated carbocycles. The van der Waals surface area contributed by atoms with Crippen LogP contribution in [0.5, 0.6) is 0 Å². The number of halogens is 1. The lowest BCUT2D eigenvalue weighted by atomic mass is 10.1. The van der Waals surface area contributed by atoms with Gasteiger partial charge in [-0.1, -0.05) is 12.1 Å². The Morgan fingerprint density at radius 2 is 2.23 bits per heavy atom. The first-order valence-corrected chi connectivity index (χ1v) is 7.76. The lowest BCUT2D eigenvalue weighted by Crippen LogP contribution is -2.19. The number of benzene rings is 1. The molecular weight excluding hydrogens is 281 g/mol. The summed E-state index contributed by atoms with van der Waals surface area (Å²) >= 11 is 0. The fraction of sp³-hybridized carbons (Fsp3) is 0.471. The molecule has 0 bridgehead atoms. The second kappa shape index (κ2) is 6.18. The molecule has 3 rings (SSSR count). The van der Waals surface area contributed by atoms with E-state index in [2.05, 4.69) is 10.4 Å². The molecule has 0 fully saturated rings. The summed E-state index contributed by atoms with van der Waals surface area (Å²) in [5.41, 5.74) is 5.16. The van der Waals surface area contributed by atoms with Gasteiger partial charge in [0.1, 0.15) is 5.82 Å². The number of fused-ring (bicyclic) bond motifs is 1. The largest absolute Gasteiger partial charge is 0.394 e. The van der Waals surface area contributed by atoms with E-state index in [-0.39, 0.29) is 18.5 Å². The van der Waals surface area contributed by atoms with E-state index in [9.17, 15) is 4.39 Å². The molecule has 0 amide bonds. The van der Waals surface area contributed by atoms with Crippen LogP contribution in [0.2, 0.25) is 0 Å². The predicted molar refractivity (Wildman–Crippen MR) is 83.1 cm³/mol. The van der Waals surface area contributed by atoms with E-state index in [1.807, 2.05) is 24.6 Å². The topological polar surface area (TPSA) is 50.1 Å². The Morgan fingerprint density at radius 3 is 3.00 bits per heavy atom. The van der Waals surface area contributed by atoms with Crippen LogP contribution < -0.4 is 5.32 Å². The molecule has 1 aliphatic carbocycles. The van der Waals surface area contributed by atoms with Gasteiger partial charge in [0.2, 0.25) is 0 Å². The van der Waals surface area contributed by atoms with Crippen LogP contribution in [0.1, 0.15) is 40.5 Å². The number of nitrogens with zero attached hydrogens (tertiary/aromatic N) is 2. The Morgan fingerprint density at radius 1 is 1.41 bits per heavy atom. The summed E-state index contributed by atoms with van der Waals surface area (Å²) in [5, 5.41) is 17.1. The Hall–Kier alpha value is -1.72. The van der Waals surface area contributed by atoms with Crippen molar-refractivity contribution < 1.29 is 9.50 Å². The number of aryl methyl sites for hydroxylation is 1. The fourth-order valence-electron chi connectivity index (χ4n) is 3.35. The maximum Gasteiger partial charge on any atom is 0.126 e. The standard InChI is InChI=1S/C17H22FN3O/c1-11-15(12(2)21(20-11)8-9-22)10-19-17-7-6-13-14(17)4-3-5-16(13)18/h3-5,17,19,22H,6-10H2,1-2H3. The highest BCUT2D eigenvalue weighted by molar-refractivity contribution is 5.36. The fourth-order valence-corrected chi connectivity index (χ4v) is 3.35. The van der Waals surface area contributed by atoms with E-state index in [1.54, 1.807) is 6.07 Å². The molecule has 1 aromatic heterocycles. The third-order valence-corrected chi connectivity index (χ3v) is 4.58. The van der Waals surface area contributed by atoms with Gasteiger partial charge in [0, 0.05) is 23.8 Å². The van der Waals surface area contributed by atoms with Gasteiger partial charge in [-0.05, 0) is 43.9 Å². The monoisotopic (exact) mass is 303 g/mol. The van der Waals surface area contributed by atoms with Crippen molar-refractivity contribution in [1.82, 2.24) is 15.1 Å². The third kappa shape index (κ3) is 2.66. The lowest BCUT2D eigenvalue weighted by Gasteiger charge is -2.14. The van der Waals surface area contributed by atoms with Gasteiger partial charge in [0.15, 0.2) is 0 Å². The Kier molecular flexibility index (Phi) is 4.27. The van der Waals surface area contributed by atoms with E-state index in [4.69, 9.17) is 5.11 Å². The molecule has 2 N–H and O–H groups in total. The molecule has 1 aromatic carbocycles. The van der Waals surface area contributed by atoms with Gasteiger partial charge in [-0.25, -0.2) is 4.39 Å². The van der Waals surface area contributed by atoms with Crippen LogP contribution in [0, 0.1) is 19.7 Å². The Labute approximate surface area is 130 Å². The minimum absolute atomic E-state index is 0.0874. The molecule has 5 heteroatoms. The van der Waals surface area contributed by atoms with E-state index < -0.39 is 0 Å². The van der Waals surface area contributed by atoms with Crippen LogP contribution in [-0.2, 0) is 19.5 Å². The van der Waals surface area contributed by atoms with Gasteiger partial charge in [-0.2, -0.15) is 5.10 Å². The van der Waals surface area contributed by atoms with E-state index in [0.717, 1.165) is 35.4 Å². The first-order valence-electron chi connectivity index (χ1n) is 7.76. The van der Waals surface area contributed by atoms with Crippen LogP contribution in [0.4, 0.5) is 4.39 Å². The quantitative estimate of drug-likeness (QED) is 0.892. The van der Waals surface area contributed by atoms with Crippen molar-refractivity contribution in [2.45, 2.75) is 45.8 Å². The number of aliphatic hydroxyl groups is 1. The summed E-state index contributed by atoms with van der Waals surface area (Å²) in [6, 6.07) is 5.53. The molecule has 1 atom stereocenters. The average Bonchev–Trinajstić information content (AvgIpc) is 3.02. The zero-order valence-corrected chi connectivity index (χ0v) is 13.1. The van der Waals surface area contributed by atoms with Gasteiger partial charge < -0.3 is 10.4 Å². The van der Waals surface area contributed by atoms with E-state index >= 15 is 0 Å². The number of hydrogen-bond donors (Lipinski definition) is 2. The summed E-state index contributed by atoms with van der Waals surface area (Å²) in [6.07, 6.45) is 1.72. The molecule has 1 aliphatic rings. The molecule has 0 spiro atoms. The van der Waals surface area contributed by atoms with Crippen LogP contribution in [0.25, 0.3) is 0 Å². The predicted octanol–water partition coefficient (Wildman–Crippen LogP) is 2.41. The second-order valence-corrected chi connectivity index (χ2v) is 5.88. The highest BCUT2D eigenvalue weighted by Gasteiger charge is 2.25. The highest BCUT2D eigenvalue weighted by Crippen LogP contribution is 2.33. The van der Waals surface area contributed by atoms with Crippen molar-refractivity contribution in [3.8, 4) is 0 Å². The van der Waals surface area contributed by atoms with Crippen molar-refractivity contribution in [3.63, 3.8) is 0 Å². The Bertz CT molecular complexity index is 681. The molecule has 0 radical (unpaired) electrons. The molecule has 1 heterocycles.